The van der Waals surface area contributed by atoms with E-state index in [0.717, 1.165) is 44.8 Å². The number of benzene rings is 3. The zero-order valence-electron chi connectivity index (χ0n) is 28.8. The van der Waals surface area contributed by atoms with Crippen molar-refractivity contribution in [3.63, 3.8) is 0 Å². The number of nitrogens with one attached hydrogen (secondary N) is 1. The number of phenols is 2. The molecule has 234 valence electrons. The molecule has 3 aromatic carbocycles. The fourth-order valence-corrected chi connectivity index (χ4v) is 5.50. The Bertz CT molecular complexity index is 1300. The Hall–Kier alpha value is -3.47. The van der Waals surface area contributed by atoms with Crippen LogP contribution in [0, 0.1) is 0 Å². The van der Waals surface area contributed by atoms with E-state index in [1.54, 1.807) is 0 Å². The Kier molecular flexibility index (Phi) is 9.42. The molecule has 0 unspecified atom stereocenters. The summed E-state index contributed by atoms with van der Waals surface area (Å²) in [7, 11) is 0. The Labute approximate surface area is 260 Å². The zero-order valence-corrected chi connectivity index (χ0v) is 28.8. The summed E-state index contributed by atoms with van der Waals surface area (Å²) in [5.74, 6) is 0.642. The van der Waals surface area contributed by atoms with E-state index < -0.39 is 0 Å². The van der Waals surface area contributed by atoms with E-state index in [9.17, 15) is 15.0 Å². The molecule has 0 aliphatic carbocycles. The first-order chi connectivity index (χ1) is 19.5. The van der Waals surface area contributed by atoms with Gasteiger partial charge in [-0.1, -0.05) is 83.1 Å². The predicted molar refractivity (Wildman–Crippen MR) is 182 cm³/mol. The van der Waals surface area contributed by atoms with Gasteiger partial charge in [0.05, 0.1) is 0 Å². The SMILES string of the molecule is CC(=O)Nc1ccc(N(Cc2cc(C(C)(C)C)c(O)c(C(C)(C)C)c2)Cc2cc(C(C)(C)C)c(O)c(C(C)(C)C)c2)cc1. The van der Waals surface area contributed by atoms with Crippen molar-refractivity contribution in [1.82, 2.24) is 0 Å². The van der Waals surface area contributed by atoms with Gasteiger partial charge in [0.25, 0.3) is 0 Å². The molecule has 5 nitrogen and oxygen atoms in total. The molecule has 0 atom stereocenters. The second kappa shape index (κ2) is 11.9. The van der Waals surface area contributed by atoms with Gasteiger partial charge in [-0.05, 0) is 104 Å². The van der Waals surface area contributed by atoms with Crippen molar-refractivity contribution >= 4 is 17.3 Å². The maximum Gasteiger partial charge on any atom is 0.221 e. The number of anilines is 2. The summed E-state index contributed by atoms with van der Waals surface area (Å²) in [5.41, 5.74) is 6.81. The lowest BCUT2D eigenvalue weighted by atomic mass is 9.78. The highest BCUT2D eigenvalue weighted by atomic mass is 16.3. The first-order valence-electron chi connectivity index (χ1n) is 15.3. The summed E-state index contributed by atoms with van der Waals surface area (Å²) in [6.45, 7) is 28.3. The molecule has 3 rings (SSSR count). The van der Waals surface area contributed by atoms with Crippen molar-refractivity contribution in [3.05, 3.63) is 81.9 Å². The molecular formula is C38H54N2O3. The normalized spacial score (nSPS) is 12.8. The maximum atomic E-state index is 11.7. The highest BCUT2D eigenvalue weighted by Gasteiger charge is 2.29. The second-order valence-corrected chi connectivity index (χ2v) is 16.2. The van der Waals surface area contributed by atoms with Crippen LogP contribution in [0.2, 0.25) is 0 Å². The molecule has 0 radical (unpaired) electrons. The van der Waals surface area contributed by atoms with E-state index >= 15 is 0 Å². The quantitative estimate of drug-likeness (QED) is 0.269. The number of hydrogen-bond acceptors (Lipinski definition) is 4. The zero-order chi connectivity index (χ0) is 32.7. The Morgan fingerprint density at radius 3 is 1.16 bits per heavy atom. The minimum atomic E-state index is -0.231. The largest absolute Gasteiger partial charge is 0.507 e. The summed E-state index contributed by atoms with van der Waals surface area (Å²) < 4.78 is 0. The van der Waals surface area contributed by atoms with Gasteiger partial charge in [-0.15, -0.1) is 0 Å². The number of aromatic hydroxyl groups is 2. The molecule has 0 aliphatic heterocycles. The van der Waals surface area contributed by atoms with E-state index in [0.29, 0.717) is 24.6 Å². The van der Waals surface area contributed by atoms with Crippen molar-refractivity contribution in [3.8, 4) is 11.5 Å². The minimum Gasteiger partial charge on any atom is -0.507 e. The Morgan fingerprint density at radius 2 is 0.907 bits per heavy atom. The molecule has 5 heteroatoms. The van der Waals surface area contributed by atoms with Crippen LogP contribution in [0.3, 0.4) is 0 Å². The third-order valence-corrected chi connectivity index (χ3v) is 7.87. The summed E-state index contributed by atoms with van der Waals surface area (Å²) >= 11 is 0. The molecule has 0 saturated heterocycles. The standard InChI is InChI=1S/C38H54N2O3/c1-24(41)39-27-14-16-28(17-15-27)40(22-25-18-29(35(2,3)4)33(42)30(19-25)36(5,6)7)23-26-20-31(37(8,9)10)34(43)32(21-26)38(11,12)13/h14-21,42-43H,22-23H2,1-13H3,(H,39,41). The average Bonchev–Trinajstić information content (AvgIpc) is 2.82. The van der Waals surface area contributed by atoms with Crippen molar-refractivity contribution in [2.24, 2.45) is 0 Å². The Balaban J connectivity index is 2.22. The molecule has 0 heterocycles. The van der Waals surface area contributed by atoms with Gasteiger partial charge < -0.3 is 20.4 Å². The van der Waals surface area contributed by atoms with Gasteiger partial charge in [-0.25, -0.2) is 0 Å². The molecule has 0 spiro atoms. The summed E-state index contributed by atoms with van der Waals surface area (Å²) in [6.07, 6.45) is 0. The number of phenolic OH excluding ortho intramolecular Hbond substituents is 2. The van der Waals surface area contributed by atoms with E-state index in [2.05, 4.69) is 118 Å². The van der Waals surface area contributed by atoms with Crippen LogP contribution in [-0.2, 0) is 39.5 Å². The molecule has 0 bridgehead atoms. The van der Waals surface area contributed by atoms with Crippen LogP contribution in [0.25, 0.3) is 0 Å². The monoisotopic (exact) mass is 586 g/mol. The number of carbonyl (C=O) groups is 1. The molecule has 43 heavy (non-hydrogen) atoms. The first kappa shape index (κ1) is 34.0. The predicted octanol–water partition coefficient (Wildman–Crippen LogP) is 9.45. The number of carbonyl (C=O) groups excluding carboxylic acids is 1. The van der Waals surface area contributed by atoms with Crippen LogP contribution in [0.15, 0.2) is 48.5 Å². The van der Waals surface area contributed by atoms with Gasteiger partial charge in [-0.3, -0.25) is 4.79 Å². The maximum absolute atomic E-state index is 11.7. The van der Waals surface area contributed by atoms with Crippen LogP contribution in [-0.4, -0.2) is 16.1 Å². The van der Waals surface area contributed by atoms with Crippen LogP contribution < -0.4 is 10.2 Å². The van der Waals surface area contributed by atoms with E-state index in [1.165, 1.54) is 6.92 Å². The van der Waals surface area contributed by atoms with Gasteiger partial charge in [0, 0.05) is 31.4 Å². The lowest BCUT2D eigenvalue weighted by Gasteiger charge is -2.32. The van der Waals surface area contributed by atoms with Crippen LogP contribution in [0.5, 0.6) is 11.5 Å². The third kappa shape index (κ3) is 8.34. The summed E-state index contributed by atoms with van der Waals surface area (Å²) in [6, 6.07) is 16.5. The first-order valence-corrected chi connectivity index (χ1v) is 15.3. The lowest BCUT2D eigenvalue weighted by Crippen LogP contribution is -2.25. The highest BCUT2D eigenvalue weighted by molar-refractivity contribution is 5.88. The second-order valence-electron chi connectivity index (χ2n) is 16.2. The van der Waals surface area contributed by atoms with Gasteiger partial charge >= 0.3 is 0 Å². The molecule has 0 aliphatic rings. The number of rotatable bonds is 6. The molecule has 0 aromatic heterocycles. The fourth-order valence-electron chi connectivity index (χ4n) is 5.50. The van der Waals surface area contributed by atoms with E-state index in [4.69, 9.17) is 0 Å². The Morgan fingerprint density at radius 1 is 0.605 bits per heavy atom. The minimum absolute atomic E-state index is 0.105. The molecule has 0 saturated carbocycles. The number of hydrogen-bond donors (Lipinski definition) is 3. The van der Waals surface area contributed by atoms with E-state index in [-0.39, 0.29) is 27.6 Å². The van der Waals surface area contributed by atoms with Gasteiger partial charge in [0.15, 0.2) is 0 Å². The molecular weight excluding hydrogens is 532 g/mol. The summed E-state index contributed by atoms with van der Waals surface area (Å²) in [4.78, 5) is 14.0. The van der Waals surface area contributed by atoms with Crippen LogP contribution >= 0.6 is 0 Å². The number of nitrogens with zero attached hydrogens (tertiary/aromatic N) is 1. The lowest BCUT2D eigenvalue weighted by molar-refractivity contribution is -0.114. The number of amides is 1. The van der Waals surface area contributed by atoms with Crippen LogP contribution in [0.4, 0.5) is 11.4 Å². The third-order valence-electron chi connectivity index (χ3n) is 7.87. The molecule has 1 amide bonds. The van der Waals surface area contributed by atoms with Crippen molar-refractivity contribution in [1.29, 1.82) is 0 Å². The van der Waals surface area contributed by atoms with E-state index in [1.807, 2.05) is 24.3 Å². The van der Waals surface area contributed by atoms with Gasteiger partial charge in [0.2, 0.25) is 5.91 Å². The van der Waals surface area contributed by atoms with Crippen LogP contribution in [0.1, 0.15) is 123 Å². The molecule has 3 aromatic rings. The fraction of sp³-hybridized carbons (Fsp3) is 0.500. The molecule has 0 fully saturated rings. The average molecular weight is 587 g/mol. The molecule has 3 N–H and O–H groups in total. The topological polar surface area (TPSA) is 72.8 Å². The van der Waals surface area contributed by atoms with Gasteiger partial charge in [-0.2, -0.15) is 0 Å². The smallest absolute Gasteiger partial charge is 0.221 e. The van der Waals surface area contributed by atoms with Crippen molar-refractivity contribution in [2.45, 2.75) is 125 Å². The van der Waals surface area contributed by atoms with Crippen molar-refractivity contribution in [2.75, 3.05) is 10.2 Å². The van der Waals surface area contributed by atoms with Crippen molar-refractivity contribution < 1.29 is 15.0 Å². The summed E-state index contributed by atoms with van der Waals surface area (Å²) in [5, 5.41) is 25.5. The highest BCUT2D eigenvalue weighted by Crippen LogP contribution is 2.42. The van der Waals surface area contributed by atoms with Gasteiger partial charge in [0.1, 0.15) is 11.5 Å².